The molecule has 162 valence electrons. The van der Waals surface area contributed by atoms with Crippen molar-refractivity contribution in [3.63, 3.8) is 0 Å². The van der Waals surface area contributed by atoms with Gasteiger partial charge in [-0.2, -0.15) is 0 Å². The molecule has 0 unspecified atom stereocenters. The van der Waals surface area contributed by atoms with Gasteiger partial charge in [0.15, 0.2) is 0 Å². The van der Waals surface area contributed by atoms with Gasteiger partial charge in [-0.25, -0.2) is 4.79 Å². The van der Waals surface area contributed by atoms with Gasteiger partial charge in [0.05, 0.1) is 17.0 Å². The van der Waals surface area contributed by atoms with Crippen molar-refractivity contribution < 1.29 is 19.1 Å². The molecule has 4 rings (SSSR count). The Balaban J connectivity index is 1.48. The van der Waals surface area contributed by atoms with Crippen LogP contribution in [0.2, 0.25) is 0 Å². The third-order valence-corrected chi connectivity index (χ3v) is 6.55. The number of carbonyl (C=O) groups excluding carboxylic acids is 1. The fraction of sp³-hybridized carbons (Fsp3) is 0.160. The lowest BCUT2D eigenvalue weighted by Crippen LogP contribution is -2.27. The zero-order chi connectivity index (χ0) is 22.8. The van der Waals surface area contributed by atoms with E-state index in [1.165, 1.54) is 29.5 Å². The van der Waals surface area contributed by atoms with Crippen molar-refractivity contribution in [1.29, 1.82) is 0 Å². The topological polar surface area (TPSA) is 70.8 Å². The number of furan rings is 1. The van der Waals surface area contributed by atoms with Gasteiger partial charge < -0.3 is 9.52 Å². The molecule has 1 amide bonds. The van der Waals surface area contributed by atoms with Crippen molar-refractivity contribution in [3.8, 4) is 11.3 Å². The molecule has 0 aliphatic carbocycles. The van der Waals surface area contributed by atoms with E-state index in [1.807, 2.05) is 12.1 Å². The van der Waals surface area contributed by atoms with Crippen LogP contribution in [0.15, 0.2) is 70.0 Å². The standard InChI is InChI=1S/C25H21NO4S2/c1-15(2)17-5-3-16(4-6-17)14-26-23(27)22(32-25(26)31)13-20-11-12-21(30-20)18-7-9-19(10-8-18)24(28)29/h3-13,15H,14H2,1-2H3,(H,28,29)/b22-13-. The van der Waals surface area contributed by atoms with Crippen molar-refractivity contribution >= 4 is 46.3 Å². The molecule has 1 aromatic heterocycles. The second kappa shape index (κ2) is 9.14. The monoisotopic (exact) mass is 463 g/mol. The Kier molecular flexibility index (Phi) is 6.30. The Hall–Kier alpha value is -3.16. The van der Waals surface area contributed by atoms with E-state index in [-0.39, 0.29) is 11.5 Å². The molecule has 0 spiro atoms. The second-order valence-corrected chi connectivity index (χ2v) is 9.42. The predicted molar refractivity (Wildman–Crippen MR) is 130 cm³/mol. The summed E-state index contributed by atoms with van der Waals surface area (Å²) in [6.45, 7) is 4.72. The number of carboxylic acids is 1. The van der Waals surface area contributed by atoms with Crippen LogP contribution in [0.5, 0.6) is 0 Å². The smallest absolute Gasteiger partial charge is 0.335 e. The number of thioether (sulfide) groups is 1. The molecule has 1 aliphatic rings. The minimum absolute atomic E-state index is 0.142. The largest absolute Gasteiger partial charge is 0.478 e. The highest BCUT2D eigenvalue weighted by atomic mass is 32.2. The summed E-state index contributed by atoms with van der Waals surface area (Å²) >= 11 is 6.70. The second-order valence-electron chi connectivity index (χ2n) is 7.75. The molecular formula is C25H21NO4S2. The summed E-state index contributed by atoms with van der Waals surface area (Å²) in [5.41, 5.74) is 3.25. The maximum absolute atomic E-state index is 12.9. The Labute approximate surface area is 195 Å². The highest BCUT2D eigenvalue weighted by molar-refractivity contribution is 8.26. The molecule has 0 atom stereocenters. The first kappa shape index (κ1) is 22.0. The van der Waals surface area contributed by atoms with Gasteiger partial charge >= 0.3 is 5.97 Å². The van der Waals surface area contributed by atoms with Gasteiger partial charge in [-0.1, -0.05) is 74.2 Å². The number of benzene rings is 2. The third-order valence-electron chi connectivity index (χ3n) is 5.18. The molecule has 7 heteroatoms. The van der Waals surface area contributed by atoms with Gasteiger partial charge in [-0.05, 0) is 41.3 Å². The molecule has 0 bridgehead atoms. The number of thiocarbonyl (C=S) groups is 1. The van der Waals surface area contributed by atoms with Crippen molar-refractivity contribution in [2.45, 2.75) is 26.3 Å². The van der Waals surface area contributed by atoms with E-state index in [4.69, 9.17) is 21.7 Å². The highest BCUT2D eigenvalue weighted by Crippen LogP contribution is 2.34. The summed E-state index contributed by atoms with van der Waals surface area (Å²) in [4.78, 5) is 26.0. The molecule has 0 radical (unpaired) electrons. The van der Waals surface area contributed by atoms with Crippen molar-refractivity contribution in [1.82, 2.24) is 4.90 Å². The Bertz CT molecular complexity index is 1210. The van der Waals surface area contributed by atoms with E-state index in [9.17, 15) is 9.59 Å². The molecule has 32 heavy (non-hydrogen) atoms. The van der Waals surface area contributed by atoms with Crippen molar-refractivity contribution in [2.24, 2.45) is 0 Å². The molecular weight excluding hydrogens is 442 g/mol. The number of hydrogen-bond acceptors (Lipinski definition) is 5. The normalized spacial score (nSPS) is 15.2. The van der Waals surface area contributed by atoms with Crippen LogP contribution in [0, 0.1) is 0 Å². The first-order chi connectivity index (χ1) is 15.3. The quantitative estimate of drug-likeness (QED) is 0.348. The lowest BCUT2D eigenvalue weighted by Gasteiger charge is -2.15. The summed E-state index contributed by atoms with van der Waals surface area (Å²) in [5, 5.41) is 9.02. The Morgan fingerprint density at radius 3 is 2.41 bits per heavy atom. The van der Waals surface area contributed by atoms with Crippen LogP contribution in [0.25, 0.3) is 17.4 Å². The minimum Gasteiger partial charge on any atom is -0.478 e. The molecule has 5 nitrogen and oxygen atoms in total. The van der Waals surface area contributed by atoms with Gasteiger partial charge in [0.1, 0.15) is 15.8 Å². The first-order valence-corrected chi connectivity index (χ1v) is 11.3. The van der Waals surface area contributed by atoms with E-state index in [0.717, 1.165) is 11.1 Å². The molecule has 1 saturated heterocycles. The van der Waals surface area contributed by atoms with Crippen LogP contribution in [0.1, 0.15) is 47.0 Å². The van der Waals surface area contributed by atoms with Gasteiger partial charge in [-0.15, -0.1) is 0 Å². The molecule has 1 fully saturated rings. The number of rotatable bonds is 6. The summed E-state index contributed by atoms with van der Waals surface area (Å²) in [6, 6.07) is 18.2. The summed E-state index contributed by atoms with van der Waals surface area (Å²) in [5.74, 6) is 0.459. The van der Waals surface area contributed by atoms with Gasteiger partial charge in [0.25, 0.3) is 5.91 Å². The van der Waals surface area contributed by atoms with E-state index in [1.54, 1.807) is 35.2 Å². The van der Waals surface area contributed by atoms with E-state index >= 15 is 0 Å². The molecule has 2 aromatic carbocycles. The summed E-state index contributed by atoms with van der Waals surface area (Å²) in [7, 11) is 0. The maximum Gasteiger partial charge on any atom is 0.335 e. The number of hydrogen-bond donors (Lipinski definition) is 1. The maximum atomic E-state index is 12.9. The molecule has 1 aliphatic heterocycles. The number of aromatic carboxylic acids is 1. The Morgan fingerprint density at radius 2 is 1.78 bits per heavy atom. The predicted octanol–water partition coefficient (Wildman–Crippen LogP) is 6.17. The number of carboxylic acid groups (broad SMARTS) is 1. The fourth-order valence-corrected chi connectivity index (χ4v) is 4.55. The SMILES string of the molecule is CC(C)c1ccc(CN2C(=O)/C(=C/c3ccc(-c4ccc(C(=O)O)cc4)o3)SC2=S)cc1. The van der Waals surface area contributed by atoms with Crippen LogP contribution >= 0.6 is 24.0 Å². The van der Waals surface area contributed by atoms with E-state index in [2.05, 4.69) is 26.0 Å². The van der Waals surface area contributed by atoms with Crippen LogP contribution in [-0.2, 0) is 11.3 Å². The van der Waals surface area contributed by atoms with Gasteiger partial charge in [0, 0.05) is 11.6 Å². The van der Waals surface area contributed by atoms with Crippen LogP contribution < -0.4 is 0 Å². The summed E-state index contributed by atoms with van der Waals surface area (Å²) in [6.07, 6.45) is 1.69. The summed E-state index contributed by atoms with van der Waals surface area (Å²) < 4.78 is 6.37. The van der Waals surface area contributed by atoms with Crippen LogP contribution in [0.3, 0.4) is 0 Å². The number of amides is 1. The zero-order valence-electron chi connectivity index (χ0n) is 17.6. The highest BCUT2D eigenvalue weighted by Gasteiger charge is 2.32. The fourth-order valence-electron chi connectivity index (χ4n) is 3.32. The number of carbonyl (C=O) groups is 2. The van der Waals surface area contributed by atoms with E-state index < -0.39 is 5.97 Å². The van der Waals surface area contributed by atoms with Crippen molar-refractivity contribution in [3.05, 3.63) is 88.0 Å². The lowest BCUT2D eigenvalue weighted by atomic mass is 10.0. The van der Waals surface area contributed by atoms with E-state index in [0.29, 0.717) is 33.2 Å². The first-order valence-electron chi connectivity index (χ1n) is 10.1. The minimum atomic E-state index is -0.977. The van der Waals surface area contributed by atoms with Crippen molar-refractivity contribution in [2.75, 3.05) is 0 Å². The molecule has 2 heterocycles. The number of nitrogens with zero attached hydrogens (tertiary/aromatic N) is 1. The molecule has 1 N–H and O–H groups in total. The Morgan fingerprint density at radius 1 is 1.09 bits per heavy atom. The van der Waals surface area contributed by atoms with Crippen LogP contribution in [0.4, 0.5) is 0 Å². The molecule has 0 saturated carbocycles. The average Bonchev–Trinajstić information content (AvgIpc) is 3.34. The molecule has 3 aromatic rings. The zero-order valence-corrected chi connectivity index (χ0v) is 19.2. The van der Waals surface area contributed by atoms with Gasteiger partial charge in [-0.3, -0.25) is 9.69 Å². The lowest BCUT2D eigenvalue weighted by molar-refractivity contribution is -0.122. The van der Waals surface area contributed by atoms with Crippen LogP contribution in [-0.4, -0.2) is 26.2 Å². The van der Waals surface area contributed by atoms with Gasteiger partial charge in [0.2, 0.25) is 0 Å². The average molecular weight is 464 g/mol. The third kappa shape index (κ3) is 4.69.